The zero-order valence-corrected chi connectivity index (χ0v) is 14.0. The number of benzene rings is 1. The van der Waals surface area contributed by atoms with Crippen molar-refractivity contribution in [3.8, 4) is 5.75 Å². The summed E-state index contributed by atoms with van der Waals surface area (Å²) in [4.78, 5) is 16.0. The molecule has 0 aliphatic carbocycles. The van der Waals surface area contributed by atoms with Crippen LogP contribution in [0.15, 0.2) is 36.5 Å². The highest BCUT2D eigenvalue weighted by Gasteiger charge is 2.16. The number of halogens is 1. The number of aryl methyl sites for hydroxylation is 1. The summed E-state index contributed by atoms with van der Waals surface area (Å²) in [5, 5.41) is 13.3. The summed E-state index contributed by atoms with van der Waals surface area (Å²) in [6.07, 6.45) is 1.70. The van der Waals surface area contributed by atoms with Crippen molar-refractivity contribution in [1.82, 2.24) is 9.38 Å². The van der Waals surface area contributed by atoms with Crippen LogP contribution in [0.1, 0.15) is 21.7 Å². The minimum absolute atomic E-state index is 0.133. The highest BCUT2D eigenvalue weighted by Crippen LogP contribution is 2.25. The van der Waals surface area contributed by atoms with E-state index in [1.165, 1.54) is 0 Å². The van der Waals surface area contributed by atoms with Crippen LogP contribution in [0, 0.1) is 6.92 Å². The third-order valence-electron chi connectivity index (χ3n) is 3.66. The molecule has 3 rings (SSSR count). The fourth-order valence-electron chi connectivity index (χ4n) is 2.62. The summed E-state index contributed by atoms with van der Waals surface area (Å²) in [5.41, 5.74) is 2.81. The number of methoxy groups -OCH3 is 1. The first kappa shape index (κ1) is 16.1. The molecule has 3 aromatic rings. The van der Waals surface area contributed by atoms with Crippen molar-refractivity contribution >= 4 is 28.9 Å². The Labute approximate surface area is 143 Å². The standard InChI is InChI=1S/C17H16ClN3O3/c1-10-9-21-15(20-10)6-4-13(16(21)17(22)23)19-8-11-7-12(18)3-5-14(11)24-2/h3-7,9,19H,8H2,1-2H3,(H,22,23). The first-order valence-electron chi connectivity index (χ1n) is 7.28. The maximum atomic E-state index is 11.7. The molecule has 0 bridgehead atoms. The van der Waals surface area contributed by atoms with Crippen molar-refractivity contribution in [3.05, 3.63) is 58.5 Å². The van der Waals surface area contributed by atoms with Crippen molar-refractivity contribution in [2.24, 2.45) is 0 Å². The van der Waals surface area contributed by atoms with E-state index >= 15 is 0 Å². The second kappa shape index (κ2) is 6.41. The number of ether oxygens (including phenoxy) is 1. The molecule has 0 saturated heterocycles. The van der Waals surface area contributed by atoms with Gasteiger partial charge in [-0.15, -0.1) is 0 Å². The average molecular weight is 346 g/mol. The van der Waals surface area contributed by atoms with Gasteiger partial charge in [0, 0.05) is 23.3 Å². The van der Waals surface area contributed by atoms with Gasteiger partial charge in [-0.05, 0) is 37.3 Å². The van der Waals surface area contributed by atoms with Crippen LogP contribution in [0.4, 0.5) is 5.69 Å². The fourth-order valence-corrected chi connectivity index (χ4v) is 2.81. The molecule has 0 aliphatic rings. The van der Waals surface area contributed by atoms with Crippen molar-refractivity contribution in [3.63, 3.8) is 0 Å². The van der Waals surface area contributed by atoms with Gasteiger partial charge < -0.3 is 15.2 Å². The number of anilines is 1. The van der Waals surface area contributed by atoms with Gasteiger partial charge in [0.25, 0.3) is 0 Å². The molecule has 0 amide bonds. The number of rotatable bonds is 5. The maximum absolute atomic E-state index is 11.7. The summed E-state index contributed by atoms with van der Waals surface area (Å²) in [5.74, 6) is -0.345. The van der Waals surface area contributed by atoms with E-state index in [2.05, 4.69) is 10.3 Å². The topological polar surface area (TPSA) is 75.9 Å². The first-order valence-corrected chi connectivity index (χ1v) is 7.65. The van der Waals surface area contributed by atoms with Gasteiger partial charge in [0.05, 0.1) is 18.5 Å². The molecule has 0 atom stereocenters. The molecular weight excluding hydrogens is 330 g/mol. The number of carboxylic acid groups (broad SMARTS) is 1. The van der Waals surface area contributed by atoms with E-state index in [-0.39, 0.29) is 5.69 Å². The van der Waals surface area contributed by atoms with Gasteiger partial charge in [-0.1, -0.05) is 11.6 Å². The number of nitrogens with zero attached hydrogens (tertiary/aromatic N) is 2. The summed E-state index contributed by atoms with van der Waals surface area (Å²) in [7, 11) is 1.58. The predicted octanol–water partition coefficient (Wildman–Crippen LogP) is 3.62. The number of hydrogen-bond acceptors (Lipinski definition) is 4. The quantitative estimate of drug-likeness (QED) is 0.738. The largest absolute Gasteiger partial charge is 0.496 e. The van der Waals surface area contributed by atoms with Crippen LogP contribution in [0.5, 0.6) is 5.75 Å². The van der Waals surface area contributed by atoms with E-state index in [9.17, 15) is 9.90 Å². The number of pyridine rings is 1. The van der Waals surface area contributed by atoms with E-state index in [1.54, 1.807) is 48.0 Å². The smallest absolute Gasteiger partial charge is 0.355 e. The lowest BCUT2D eigenvalue weighted by Crippen LogP contribution is -2.11. The van der Waals surface area contributed by atoms with Crippen LogP contribution in [-0.2, 0) is 6.54 Å². The van der Waals surface area contributed by atoms with Crippen molar-refractivity contribution in [2.45, 2.75) is 13.5 Å². The Morgan fingerprint density at radius 1 is 1.38 bits per heavy atom. The molecule has 0 saturated carbocycles. The van der Waals surface area contributed by atoms with E-state index < -0.39 is 5.97 Å². The second-order valence-corrected chi connectivity index (χ2v) is 5.76. The Hall–Kier alpha value is -2.73. The van der Waals surface area contributed by atoms with Crippen molar-refractivity contribution in [2.75, 3.05) is 12.4 Å². The summed E-state index contributed by atoms with van der Waals surface area (Å²) >= 11 is 6.03. The summed E-state index contributed by atoms with van der Waals surface area (Å²) in [6, 6.07) is 8.79. The monoisotopic (exact) mass is 345 g/mol. The zero-order chi connectivity index (χ0) is 17.3. The number of aromatic nitrogens is 2. The van der Waals surface area contributed by atoms with Gasteiger partial charge in [0.1, 0.15) is 11.4 Å². The van der Waals surface area contributed by atoms with E-state index in [1.807, 2.05) is 6.92 Å². The second-order valence-electron chi connectivity index (χ2n) is 5.32. The van der Waals surface area contributed by atoms with Crippen LogP contribution in [-0.4, -0.2) is 27.6 Å². The van der Waals surface area contributed by atoms with E-state index in [4.69, 9.17) is 16.3 Å². The van der Waals surface area contributed by atoms with Gasteiger partial charge in [-0.3, -0.25) is 4.40 Å². The summed E-state index contributed by atoms with van der Waals surface area (Å²) < 4.78 is 6.87. The molecule has 2 heterocycles. The van der Waals surface area contributed by atoms with Gasteiger partial charge >= 0.3 is 5.97 Å². The van der Waals surface area contributed by atoms with Gasteiger partial charge in [0.15, 0.2) is 5.69 Å². The number of aromatic carboxylic acids is 1. The number of hydrogen-bond donors (Lipinski definition) is 2. The molecule has 24 heavy (non-hydrogen) atoms. The van der Waals surface area contributed by atoms with Crippen LogP contribution in [0.3, 0.4) is 0 Å². The molecule has 1 aromatic carbocycles. The molecular formula is C17H16ClN3O3. The van der Waals surface area contributed by atoms with Crippen molar-refractivity contribution in [1.29, 1.82) is 0 Å². The lowest BCUT2D eigenvalue weighted by Gasteiger charge is -2.13. The van der Waals surface area contributed by atoms with Crippen LogP contribution in [0.2, 0.25) is 5.02 Å². The Morgan fingerprint density at radius 2 is 2.17 bits per heavy atom. The lowest BCUT2D eigenvalue weighted by atomic mass is 10.2. The Morgan fingerprint density at radius 3 is 2.88 bits per heavy atom. The fraction of sp³-hybridized carbons (Fsp3) is 0.176. The Bertz CT molecular complexity index is 921. The molecule has 2 N–H and O–H groups in total. The molecule has 7 heteroatoms. The van der Waals surface area contributed by atoms with E-state index in [0.717, 1.165) is 11.3 Å². The Balaban J connectivity index is 1.97. The molecule has 0 radical (unpaired) electrons. The molecule has 6 nitrogen and oxygen atoms in total. The van der Waals surface area contributed by atoms with Gasteiger partial charge in [-0.2, -0.15) is 0 Å². The minimum atomic E-state index is -1.03. The normalized spacial score (nSPS) is 10.8. The van der Waals surface area contributed by atoms with Crippen LogP contribution >= 0.6 is 11.6 Å². The first-order chi connectivity index (χ1) is 11.5. The third-order valence-corrected chi connectivity index (χ3v) is 3.90. The van der Waals surface area contributed by atoms with Crippen molar-refractivity contribution < 1.29 is 14.6 Å². The van der Waals surface area contributed by atoms with Crippen LogP contribution in [0.25, 0.3) is 5.65 Å². The maximum Gasteiger partial charge on any atom is 0.355 e. The third kappa shape index (κ3) is 3.00. The molecule has 2 aromatic heterocycles. The molecule has 0 fully saturated rings. The molecule has 0 aliphatic heterocycles. The highest BCUT2D eigenvalue weighted by molar-refractivity contribution is 6.30. The number of carbonyl (C=O) groups is 1. The highest BCUT2D eigenvalue weighted by atomic mass is 35.5. The number of carboxylic acids is 1. The Kier molecular flexibility index (Phi) is 4.31. The number of nitrogens with one attached hydrogen (secondary N) is 1. The molecule has 0 unspecified atom stereocenters. The summed E-state index contributed by atoms with van der Waals surface area (Å²) in [6.45, 7) is 2.20. The SMILES string of the molecule is COc1ccc(Cl)cc1CNc1ccc2nc(C)cn2c1C(=O)O. The predicted molar refractivity (Wildman–Crippen MR) is 92.2 cm³/mol. The van der Waals surface area contributed by atoms with Crippen LogP contribution < -0.4 is 10.1 Å². The number of imidazole rings is 1. The lowest BCUT2D eigenvalue weighted by molar-refractivity contribution is 0.0690. The van der Waals surface area contributed by atoms with E-state index in [0.29, 0.717) is 28.7 Å². The van der Waals surface area contributed by atoms with Gasteiger partial charge in [-0.25, -0.2) is 9.78 Å². The molecule has 0 spiro atoms. The molecule has 124 valence electrons. The zero-order valence-electron chi connectivity index (χ0n) is 13.2. The van der Waals surface area contributed by atoms with Gasteiger partial charge in [0.2, 0.25) is 0 Å². The number of fused-ring (bicyclic) bond motifs is 1. The minimum Gasteiger partial charge on any atom is -0.496 e. The average Bonchev–Trinajstić information content (AvgIpc) is 2.92.